The van der Waals surface area contributed by atoms with Crippen molar-refractivity contribution in [3.05, 3.63) is 77.6 Å². The normalized spacial score (nSPS) is 10.7. The largest absolute Gasteiger partial charge is 0.489 e. The summed E-state index contributed by atoms with van der Waals surface area (Å²) in [4.78, 5) is 8.99. The van der Waals surface area contributed by atoms with Gasteiger partial charge in [-0.1, -0.05) is 51.0 Å². The van der Waals surface area contributed by atoms with Crippen LogP contribution < -0.4 is 4.74 Å². The molecule has 1 heterocycles. The van der Waals surface area contributed by atoms with Gasteiger partial charge in [0.05, 0.1) is 0 Å². The predicted octanol–water partition coefficient (Wildman–Crippen LogP) is 6.02. The summed E-state index contributed by atoms with van der Waals surface area (Å²) in [6.07, 6.45) is 9.58. The summed E-state index contributed by atoms with van der Waals surface area (Å²) in [6.45, 7) is 4.97. The smallest absolute Gasteiger partial charge is 0.159 e. The molecule has 0 radical (unpaired) electrons. The van der Waals surface area contributed by atoms with Crippen LogP contribution in [0.2, 0.25) is 0 Å². The summed E-state index contributed by atoms with van der Waals surface area (Å²) >= 11 is 0. The van der Waals surface area contributed by atoms with Crippen molar-refractivity contribution in [2.75, 3.05) is 0 Å². The zero-order valence-electron chi connectivity index (χ0n) is 16.3. The molecule has 3 aromatic rings. The van der Waals surface area contributed by atoms with E-state index in [1.165, 1.54) is 36.0 Å². The van der Waals surface area contributed by atoms with Gasteiger partial charge in [-0.2, -0.15) is 0 Å². The maximum atomic E-state index is 5.91. The summed E-state index contributed by atoms with van der Waals surface area (Å²) in [5.74, 6) is 1.62. The molecular weight excluding hydrogens is 332 g/mol. The molecule has 2 aromatic carbocycles. The Labute approximate surface area is 162 Å². The minimum atomic E-state index is 0.578. The van der Waals surface area contributed by atoms with Crippen molar-refractivity contribution in [1.82, 2.24) is 9.97 Å². The monoisotopic (exact) mass is 360 g/mol. The van der Waals surface area contributed by atoms with Crippen molar-refractivity contribution in [2.24, 2.45) is 0 Å². The van der Waals surface area contributed by atoms with E-state index in [9.17, 15) is 0 Å². The lowest BCUT2D eigenvalue weighted by Gasteiger charge is -2.08. The van der Waals surface area contributed by atoms with E-state index in [4.69, 9.17) is 4.74 Å². The Kier molecular flexibility index (Phi) is 6.97. The fraction of sp³-hybridized carbons (Fsp3) is 0.333. The highest BCUT2D eigenvalue weighted by Crippen LogP contribution is 2.20. The van der Waals surface area contributed by atoms with Crippen LogP contribution in [0.3, 0.4) is 0 Å². The lowest BCUT2D eigenvalue weighted by molar-refractivity contribution is 0.306. The van der Waals surface area contributed by atoms with Crippen LogP contribution in [0.25, 0.3) is 11.4 Å². The van der Waals surface area contributed by atoms with Gasteiger partial charge < -0.3 is 4.74 Å². The molecule has 27 heavy (non-hydrogen) atoms. The molecule has 0 saturated heterocycles. The highest BCUT2D eigenvalue weighted by molar-refractivity contribution is 5.55. The minimum absolute atomic E-state index is 0.578. The van der Waals surface area contributed by atoms with Crippen molar-refractivity contribution >= 4 is 0 Å². The maximum absolute atomic E-state index is 5.91. The Morgan fingerprint density at radius 3 is 2.00 bits per heavy atom. The number of aromatic nitrogens is 2. The highest BCUT2D eigenvalue weighted by atomic mass is 16.5. The second-order valence-corrected chi connectivity index (χ2v) is 6.90. The van der Waals surface area contributed by atoms with Crippen LogP contribution in [0.1, 0.15) is 49.8 Å². The average molecular weight is 361 g/mol. The van der Waals surface area contributed by atoms with Gasteiger partial charge in [-0.3, -0.25) is 0 Å². The molecule has 0 N–H and O–H groups in total. The topological polar surface area (TPSA) is 35.0 Å². The number of hydrogen-bond acceptors (Lipinski definition) is 3. The molecule has 3 rings (SSSR count). The molecular formula is C24H28N2O. The van der Waals surface area contributed by atoms with Crippen LogP contribution >= 0.6 is 0 Å². The van der Waals surface area contributed by atoms with E-state index >= 15 is 0 Å². The molecule has 0 saturated carbocycles. The number of ether oxygens (including phenoxy) is 1. The molecule has 0 aliphatic heterocycles. The Morgan fingerprint density at radius 2 is 1.37 bits per heavy atom. The Hall–Kier alpha value is -2.68. The first-order valence-electron chi connectivity index (χ1n) is 9.90. The van der Waals surface area contributed by atoms with Gasteiger partial charge in [0.2, 0.25) is 0 Å². The predicted molar refractivity (Wildman–Crippen MR) is 111 cm³/mol. The summed E-state index contributed by atoms with van der Waals surface area (Å²) in [7, 11) is 0. The van der Waals surface area contributed by atoms with Crippen LogP contribution in [0.5, 0.6) is 5.75 Å². The van der Waals surface area contributed by atoms with Gasteiger partial charge >= 0.3 is 0 Å². The minimum Gasteiger partial charge on any atom is -0.489 e. The van der Waals surface area contributed by atoms with Gasteiger partial charge in [0.15, 0.2) is 5.82 Å². The summed E-state index contributed by atoms with van der Waals surface area (Å²) in [6, 6.07) is 16.7. The van der Waals surface area contributed by atoms with Gasteiger partial charge in [-0.25, -0.2) is 9.97 Å². The molecule has 3 heteroatoms. The van der Waals surface area contributed by atoms with Gasteiger partial charge in [-0.15, -0.1) is 0 Å². The van der Waals surface area contributed by atoms with E-state index in [2.05, 4.69) is 48.1 Å². The number of aryl methyl sites for hydroxylation is 2. The zero-order chi connectivity index (χ0) is 18.9. The second kappa shape index (κ2) is 9.86. The average Bonchev–Trinajstić information content (AvgIpc) is 2.73. The lowest BCUT2D eigenvalue weighted by Crippen LogP contribution is -1.96. The molecule has 140 valence electrons. The van der Waals surface area contributed by atoms with E-state index in [1.54, 1.807) is 0 Å². The molecule has 0 bridgehead atoms. The number of nitrogens with zero attached hydrogens (tertiary/aromatic N) is 2. The SMILES string of the molecule is CCCCc1cnc(-c2ccc(OCc3ccc(CCC)cc3)cc2)nc1. The third kappa shape index (κ3) is 5.65. The third-order valence-electron chi connectivity index (χ3n) is 4.60. The molecule has 0 fully saturated rings. The summed E-state index contributed by atoms with van der Waals surface area (Å²) < 4.78 is 5.91. The van der Waals surface area contributed by atoms with Crippen molar-refractivity contribution in [3.63, 3.8) is 0 Å². The van der Waals surface area contributed by atoms with Crippen LogP contribution in [0.4, 0.5) is 0 Å². The third-order valence-corrected chi connectivity index (χ3v) is 4.60. The molecule has 0 aliphatic carbocycles. The first kappa shape index (κ1) is 19.1. The molecule has 1 aromatic heterocycles. The van der Waals surface area contributed by atoms with Gasteiger partial charge in [0.25, 0.3) is 0 Å². The number of benzene rings is 2. The van der Waals surface area contributed by atoms with E-state index in [0.29, 0.717) is 6.61 Å². The van der Waals surface area contributed by atoms with Crippen LogP contribution in [0, 0.1) is 0 Å². The zero-order valence-corrected chi connectivity index (χ0v) is 16.3. The molecule has 0 unspecified atom stereocenters. The van der Waals surface area contributed by atoms with Crippen molar-refractivity contribution in [1.29, 1.82) is 0 Å². The lowest BCUT2D eigenvalue weighted by atomic mass is 10.1. The van der Waals surface area contributed by atoms with Crippen LogP contribution in [-0.2, 0) is 19.4 Å². The second-order valence-electron chi connectivity index (χ2n) is 6.90. The fourth-order valence-corrected chi connectivity index (χ4v) is 2.97. The maximum Gasteiger partial charge on any atom is 0.159 e. The van der Waals surface area contributed by atoms with Crippen molar-refractivity contribution < 1.29 is 4.74 Å². The summed E-state index contributed by atoms with van der Waals surface area (Å²) in [5, 5.41) is 0. The van der Waals surface area contributed by atoms with Gasteiger partial charge in [0, 0.05) is 18.0 Å². The molecule has 0 amide bonds. The summed E-state index contributed by atoms with van der Waals surface area (Å²) in [5.41, 5.74) is 4.77. The Bertz CT molecular complexity index is 809. The van der Waals surface area contributed by atoms with Gasteiger partial charge in [-0.05, 0) is 60.2 Å². The quantitative estimate of drug-likeness (QED) is 0.468. The van der Waals surface area contributed by atoms with Gasteiger partial charge in [0.1, 0.15) is 12.4 Å². The van der Waals surface area contributed by atoms with E-state index < -0.39 is 0 Å². The molecule has 3 nitrogen and oxygen atoms in total. The number of unbranched alkanes of at least 4 members (excludes halogenated alkanes) is 1. The number of hydrogen-bond donors (Lipinski definition) is 0. The molecule has 0 spiro atoms. The van der Waals surface area contributed by atoms with E-state index in [1.807, 2.05) is 36.7 Å². The first-order valence-corrected chi connectivity index (χ1v) is 9.90. The van der Waals surface area contributed by atoms with E-state index in [-0.39, 0.29) is 0 Å². The van der Waals surface area contributed by atoms with Crippen molar-refractivity contribution in [3.8, 4) is 17.1 Å². The molecule has 0 atom stereocenters. The first-order chi connectivity index (χ1) is 13.3. The van der Waals surface area contributed by atoms with Crippen LogP contribution in [0.15, 0.2) is 60.9 Å². The number of rotatable bonds is 9. The Morgan fingerprint density at radius 1 is 0.704 bits per heavy atom. The van der Waals surface area contributed by atoms with Crippen LogP contribution in [-0.4, -0.2) is 9.97 Å². The van der Waals surface area contributed by atoms with Crippen molar-refractivity contribution in [2.45, 2.75) is 52.6 Å². The van der Waals surface area contributed by atoms with E-state index in [0.717, 1.165) is 30.0 Å². The fourth-order valence-electron chi connectivity index (χ4n) is 2.97. The Balaban J connectivity index is 1.56. The standard InChI is InChI=1S/C24H28N2O/c1-3-5-7-21-16-25-24(26-17-21)22-12-14-23(15-13-22)27-18-20-10-8-19(6-4-2)9-11-20/h8-17H,3-7,18H2,1-2H3. The highest BCUT2D eigenvalue weighted by Gasteiger charge is 2.03. The molecule has 0 aliphatic rings.